The fraction of sp³-hybridized carbons (Fsp3) is 0.111. The molecule has 3 nitrogen and oxygen atoms in total. The summed E-state index contributed by atoms with van der Waals surface area (Å²) in [7, 11) is 0. The summed E-state index contributed by atoms with van der Waals surface area (Å²) < 4.78 is 1.05. The lowest BCUT2D eigenvalue weighted by molar-refractivity contribution is 0.125. The smallest absolute Gasteiger partial charge is 0.0951 e. The van der Waals surface area contributed by atoms with E-state index in [0.29, 0.717) is 6.61 Å². The Morgan fingerprint density at radius 2 is 2.31 bits per heavy atom. The molecule has 0 radical (unpaired) electrons. The van der Waals surface area contributed by atoms with Crippen molar-refractivity contribution in [3.05, 3.63) is 34.4 Å². The number of aromatic nitrogens is 1. The van der Waals surface area contributed by atoms with Crippen molar-refractivity contribution in [2.24, 2.45) is 5.90 Å². The molecule has 2 aromatic rings. The summed E-state index contributed by atoms with van der Waals surface area (Å²) in [6.07, 6.45) is 1.91. The molecule has 0 bridgehead atoms. The van der Waals surface area contributed by atoms with Gasteiger partial charge in [-0.2, -0.15) is 0 Å². The summed E-state index contributed by atoms with van der Waals surface area (Å²) in [6, 6.07) is 5.99. The molecule has 2 rings (SSSR count). The van der Waals surface area contributed by atoms with Crippen LogP contribution in [0.25, 0.3) is 10.9 Å². The molecule has 0 spiro atoms. The maximum atomic E-state index is 5.03. The van der Waals surface area contributed by atoms with Crippen LogP contribution in [0.15, 0.2) is 28.9 Å². The molecule has 1 heterocycles. The molecule has 4 heteroatoms. The second-order valence-corrected chi connectivity index (χ2v) is 3.64. The molecule has 1 aromatic carbocycles. The number of nitrogens with one attached hydrogen (secondary N) is 1. The van der Waals surface area contributed by atoms with Gasteiger partial charge < -0.3 is 4.98 Å². The number of benzene rings is 1. The van der Waals surface area contributed by atoms with Gasteiger partial charge in [-0.15, -0.1) is 0 Å². The fourth-order valence-corrected chi connectivity index (χ4v) is 2.03. The highest BCUT2D eigenvalue weighted by Crippen LogP contribution is 2.26. The molecule has 0 saturated heterocycles. The van der Waals surface area contributed by atoms with Crippen LogP contribution in [0.1, 0.15) is 5.56 Å². The van der Waals surface area contributed by atoms with Gasteiger partial charge in [-0.25, -0.2) is 5.90 Å². The van der Waals surface area contributed by atoms with E-state index in [4.69, 9.17) is 5.90 Å². The maximum absolute atomic E-state index is 5.03. The lowest BCUT2D eigenvalue weighted by Gasteiger charge is -1.98. The van der Waals surface area contributed by atoms with Crippen LogP contribution in [-0.2, 0) is 11.4 Å². The van der Waals surface area contributed by atoms with Crippen molar-refractivity contribution in [2.75, 3.05) is 0 Å². The normalized spacial score (nSPS) is 10.9. The zero-order valence-electron chi connectivity index (χ0n) is 6.88. The first-order chi connectivity index (χ1) is 6.33. The van der Waals surface area contributed by atoms with Crippen LogP contribution < -0.4 is 5.90 Å². The molecule has 0 fully saturated rings. The topological polar surface area (TPSA) is 51.0 Å². The van der Waals surface area contributed by atoms with Crippen molar-refractivity contribution in [1.29, 1.82) is 0 Å². The summed E-state index contributed by atoms with van der Waals surface area (Å²) >= 11 is 3.48. The molecular weight excluding hydrogens is 232 g/mol. The van der Waals surface area contributed by atoms with Crippen LogP contribution in [0.5, 0.6) is 0 Å². The number of halogens is 1. The zero-order valence-corrected chi connectivity index (χ0v) is 8.47. The van der Waals surface area contributed by atoms with Gasteiger partial charge in [0.1, 0.15) is 0 Å². The summed E-state index contributed by atoms with van der Waals surface area (Å²) in [5.41, 5.74) is 2.14. The van der Waals surface area contributed by atoms with Gasteiger partial charge in [0, 0.05) is 27.1 Å². The third-order valence-electron chi connectivity index (χ3n) is 1.98. The van der Waals surface area contributed by atoms with E-state index in [9.17, 15) is 0 Å². The quantitative estimate of drug-likeness (QED) is 0.792. The van der Waals surface area contributed by atoms with E-state index in [2.05, 4.69) is 25.8 Å². The first-order valence-electron chi connectivity index (χ1n) is 3.89. The summed E-state index contributed by atoms with van der Waals surface area (Å²) in [6.45, 7) is 0.419. The number of aromatic amines is 1. The van der Waals surface area contributed by atoms with Crippen molar-refractivity contribution < 1.29 is 4.84 Å². The lowest BCUT2D eigenvalue weighted by atomic mass is 10.2. The Labute approximate surface area is 84.0 Å². The van der Waals surface area contributed by atoms with E-state index >= 15 is 0 Å². The largest absolute Gasteiger partial charge is 0.361 e. The van der Waals surface area contributed by atoms with Gasteiger partial charge in [0.2, 0.25) is 0 Å². The number of hydrogen-bond acceptors (Lipinski definition) is 2. The Morgan fingerprint density at radius 3 is 3.08 bits per heavy atom. The van der Waals surface area contributed by atoms with Gasteiger partial charge >= 0.3 is 0 Å². The third kappa shape index (κ3) is 1.48. The third-order valence-corrected chi connectivity index (χ3v) is 2.64. The number of H-pyrrole nitrogens is 1. The zero-order chi connectivity index (χ0) is 9.26. The standard InChI is InChI=1S/C9H9BrN2O/c10-7-2-1-3-8-9(7)6(4-12-8)5-13-11/h1-4,12H,5,11H2. The minimum Gasteiger partial charge on any atom is -0.361 e. The Hall–Kier alpha value is -0.840. The van der Waals surface area contributed by atoms with E-state index in [1.54, 1.807) is 0 Å². The molecule has 0 aliphatic rings. The minimum atomic E-state index is 0.419. The molecular formula is C9H9BrN2O. The molecule has 68 valence electrons. The van der Waals surface area contributed by atoms with Gasteiger partial charge in [0.25, 0.3) is 0 Å². The Morgan fingerprint density at radius 1 is 1.46 bits per heavy atom. The summed E-state index contributed by atoms with van der Waals surface area (Å²) in [5, 5.41) is 1.13. The van der Waals surface area contributed by atoms with Crippen molar-refractivity contribution >= 4 is 26.8 Å². The van der Waals surface area contributed by atoms with E-state index in [1.165, 1.54) is 0 Å². The van der Waals surface area contributed by atoms with Crippen molar-refractivity contribution in [1.82, 2.24) is 4.98 Å². The minimum absolute atomic E-state index is 0.419. The maximum Gasteiger partial charge on any atom is 0.0951 e. The number of hydrogen-bond donors (Lipinski definition) is 2. The average Bonchev–Trinajstić information content (AvgIpc) is 2.51. The average molecular weight is 241 g/mol. The highest BCUT2D eigenvalue weighted by atomic mass is 79.9. The highest BCUT2D eigenvalue weighted by molar-refractivity contribution is 9.10. The van der Waals surface area contributed by atoms with Gasteiger partial charge in [-0.3, -0.25) is 4.84 Å². The first-order valence-corrected chi connectivity index (χ1v) is 4.68. The summed E-state index contributed by atoms with van der Waals surface area (Å²) in [5.74, 6) is 5.03. The highest BCUT2D eigenvalue weighted by Gasteiger charge is 2.05. The van der Waals surface area contributed by atoms with Crippen LogP contribution in [0.2, 0.25) is 0 Å². The number of fused-ring (bicyclic) bond motifs is 1. The van der Waals surface area contributed by atoms with Gasteiger partial charge in [-0.1, -0.05) is 22.0 Å². The molecule has 13 heavy (non-hydrogen) atoms. The van der Waals surface area contributed by atoms with Crippen LogP contribution >= 0.6 is 15.9 Å². The Balaban J connectivity index is 2.64. The number of nitrogens with two attached hydrogens (primary N) is 1. The molecule has 0 atom stereocenters. The monoisotopic (exact) mass is 240 g/mol. The molecule has 3 N–H and O–H groups in total. The molecule has 0 aliphatic heterocycles. The predicted molar refractivity (Wildman–Crippen MR) is 55.0 cm³/mol. The summed E-state index contributed by atoms with van der Waals surface area (Å²) in [4.78, 5) is 7.76. The van der Waals surface area contributed by atoms with Crippen molar-refractivity contribution in [3.63, 3.8) is 0 Å². The van der Waals surface area contributed by atoms with Crippen LogP contribution in [0.4, 0.5) is 0 Å². The van der Waals surface area contributed by atoms with E-state index in [1.807, 2.05) is 24.4 Å². The fourth-order valence-electron chi connectivity index (χ4n) is 1.41. The van der Waals surface area contributed by atoms with Crippen molar-refractivity contribution in [3.8, 4) is 0 Å². The molecule has 1 aromatic heterocycles. The van der Waals surface area contributed by atoms with Crippen LogP contribution in [-0.4, -0.2) is 4.98 Å². The molecule has 0 amide bonds. The first kappa shape index (κ1) is 8.74. The van der Waals surface area contributed by atoms with E-state index < -0.39 is 0 Å². The van der Waals surface area contributed by atoms with E-state index in [-0.39, 0.29) is 0 Å². The second-order valence-electron chi connectivity index (χ2n) is 2.79. The Kier molecular flexibility index (Phi) is 2.35. The second kappa shape index (κ2) is 3.49. The van der Waals surface area contributed by atoms with Crippen molar-refractivity contribution in [2.45, 2.75) is 6.61 Å². The van der Waals surface area contributed by atoms with Gasteiger partial charge in [0.05, 0.1) is 6.61 Å². The van der Waals surface area contributed by atoms with Crippen LogP contribution in [0, 0.1) is 0 Å². The van der Waals surface area contributed by atoms with Gasteiger partial charge in [-0.05, 0) is 12.1 Å². The molecule has 0 unspecified atom stereocenters. The van der Waals surface area contributed by atoms with Gasteiger partial charge in [0.15, 0.2) is 0 Å². The van der Waals surface area contributed by atoms with E-state index in [0.717, 1.165) is 20.9 Å². The Bertz CT molecular complexity index is 424. The molecule has 0 saturated carbocycles. The predicted octanol–water partition coefficient (Wildman–Crippen LogP) is 2.32. The lowest BCUT2D eigenvalue weighted by Crippen LogP contribution is -1.97. The SMILES string of the molecule is NOCc1c[nH]c2cccc(Br)c12. The molecule has 0 aliphatic carbocycles. The number of rotatable bonds is 2. The van der Waals surface area contributed by atoms with Crippen LogP contribution in [0.3, 0.4) is 0 Å².